The number of nitrogen functional groups attached to an aromatic ring is 1. The van der Waals surface area contributed by atoms with E-state index in [1.807, 2.05) is 48.5 Å². The van der Waals surface area contributed by atoms with Crippen LogP contribution in [0.3, 0.4) is 0 Å². The quantitative estimate of drug-likeness (QED) is 0.713. The molecule has 110 valence electrons. The summed E-state index contributed by atoms with van der Waals surface area (Å²) in [5.74, 6) is -0.0210. The van der Waals surface area contributed by atoms with Crippen molar-refractivity contribution in [2.45, 2.75) is 19.3 Å². The molecule has 0 fully saturated rings. The monoisotopic (exact) mass is 284 g/mol. The summed E-state index contributed by atoms with van der Waals surface area (Å²) in [6, 6.07) is 15.1. The van der Waals surface area contributed by atoms with Gasteiger partial charge in [-0.25, -0.2) is 0 Å². The number of hydrogen-bond donors (Lipinski definition) is 3. The highest BCUT2D eigenvalue weighted by molar-refractivity contribution is 5.90. The number of aliphatic hydroxyl groups excluding tert-OH is 1. The Hall–Kier alpha value is -2.33. The summed E-state index contributed by atoms with van der Waals surface area (Å²) in [7, 11) is 0. The maximum absolute atomic E-state index is 11.9. The molecule has 0 aliphatic heterocycles. The molecule has 0 heterocycles. The van der Waals surface area contributed by atoms with Crippen LogP contribution >= 0.6 is 0 Å². The fourth-order valence-corrected chi connectivity index (χ4v) is 2.11. The average Bonchev–Trinajstić information content (AvgIpc) is 2.48. The second kappa shape index (κ2) is 7.45. The van der Waals surface area contributed by atoms with Gasteiger partial charge >= 0.3 is 0 Å². The summed E-state index contributed by atoms with van der Waals surface area (Å²) in [6.07, 6.45) is 1.71. The van der Waals surface area contributed by atoms with Gasteiger partial charge in [-0.1, -0.05) is 24.3 Å². The second-order valence-electron chi connectivity index (χ2n) is 4.96. The standard InChI is InChI=1S/C17H20N2O2/c18-15-3-1-2-14(12-15)6-9-17(21)19-16-7-4-13(5-8-16)10-11-20/h1-5,7-8,12,20H,6,9-11,18H2,(H,19,21). The highest BCUT2D eigenvalue weighted by Crippen LogP contribution is 2.12. The highest BCUT2D eigenvalue weighted by atomic mass is 16.2. The van der Waals surface area contributed by atoms with Crippen LogP contribution < -0.4 is 11.1 Å². The van der Waals surface area contributed by atoms with E-state index in [0.29, 0.717) is 24.9 Å². The summed E-state index contributed by atoms with van der Waals surface area (Å²) in [5, 5.41) is 11.7. The number of aryl methyl sites for hydroxylation is 1. The van der Waals surface area contributed by atoms with E-state index in [-0.39, 0.29) is 12.5 Å². The Bertz CT molecular complexity index is 594. The Labute approximate surface area is 124 Å². The molecule has 0 saturated carbocycles. The molecule has 0 saturated heterocycles. The molecule has 2 aromatic rings. The maximum Gasteiger partial charge on any atom is 0.224 e. The van der Waals surface area contributed by atoms with Crippen LogP contribution in [0.4, 0.5) is 11.4 Å². The smallest absolute Gasteiger partial charge is 0.224 e. The number of benzene rings is 2. The molecular formula is C17H20N2O2. The molecule has 4 nitrogen and oxygen atoms in total. The zero-order valence-electron chi connectivity index (χ0n) is 11.9. The Morgan fingerprint density at radius 2 is 1.81 bits per heavy atom. The van der Waals surface area contributed by atoms with Crippen molar-refractivity contribution >= 4 is 17.3 Å². The molecule has 21 heavy (non-hydrogen) atoms. The SMILES string of the molecule is Nc1cccc(CCC(=O)Nc2ccc(CCO)cc2)c1. The van der Waals surface area contributed by atoms with Gasteiger partial charge in [-0.3, -0.25) is 4.79 Å². The number of carbonyl (C=O) groups excluding carboxylic acids is 1. The fraction of sp³-hybridized carbons (Fsp3) is 0.235. The van der Waals surface area contributed by atoms with E-state index in [4.69, 9.17) is 10.8 Å². The number of amides is 1. The van der Waals surface area contributed by atoms with Crippen LogP contribution in [-0.4, -0.2) is 17.6 Å². The molecule has 0 atom stereocenters. The number of nitrogens with one attached hydrogen (secondary N) is 1. The van der Waals surface area contributed by atoms with Crippen molar-refractivity contribution in [1.82, 2.24) is 0 Å². The zero-order chi connectivity index (χ0) is 15.1. The van der Waals surface area contributed by atoms with Crippen LogP contribution in [0.5, 0.6) is 0 Å². The number of hydrogen-bond acceptors (Lipinski definition) is 3. The van der Waals surface area contributed by atoms with Gasteiger partial charge in [0.15, 0.2) is 0 Å². The number of aliphatic hydroxyl groups is 1. The minimum Gasteiger partial charge on any atom is -0.399 e. The predicted octanol–water partition coefficient (Wildman–Crippen LogP) is 2.37. The van der Waals surface area contributed by atoms with E-state index in [1.165, 1.54) is 0 Å². The van der Waals surface area contributed by atoms with Crippen molar-refractivity contribution in [2.75, 3.05) is 17.7 Å². The molecule has 0 aliphatic rings. The van der Waals surface area contributed by atoms with Crippen LogP contribution in [0.2, 0.25) is 0 Å². The molecule has 0 aliphatic carbocycles. The van der Waals surface area contributed by atoms with Gasteiger partial charge < -0.3 is 16.2 Å². The lowest BCUT2D eigenvalue weighted by molar-refractivity contribution is -0.116. The molecule has 0 aromatic heterocycles. The van der Waals surface area contributed by atoms with E-state index in [0.717, 1.165) is 16.8 Å². The van der Waals surface area contributed by atoms with Crippen LogP contribution in [0.25, 0.3) is 0 Å². The summed E-state index contributed by atoms with van der Waals surface area (Å²) >= 11 is 0. The predicted molar refractivity (Wildman–Crippen MR) is 85.0 cm³/mol. The maximum atomic E-state index is 11.9. The summed E-state index contributed by atoms with van der Waals surface area (Å²) < 4.78 is 0. The first kappa shape index (κ1) is 15.1. The van der Waals surface area contributed by atoms with Crippen molar-refractivity contribution in [2.24, 2.45) is 0 Å². The minimum absolute atomic E-state index is 0.0210. The van der Waals surface area contributed by atoms with Crippen molar-refractivity contribution in [1.29, 1.82) is 0 Å². The van der Waals surface area contributed by atoms with Crippen LogP contribution in [0.1, 0.15) is 17.5 Å². The number of carbonyl (C=O) groups is 1. The number of nitrogens with two attached hydrogens (primary N) is 1. The fourth-order valence-electron chi connectivity index (χ4n) is 2.11. The van der Waals surface area contributed by atoms with Gasteiger partial charge in [0.2, 0.25) is 5.91 Å². The Kier molecular flexibility index (Phi) is 5.35. The Morgan fingerprint density at radius 3 is 2.48 bits per heavy atom. The van der Waals surface area contributed by atoms with Gasteiger partial charge in [-0.05, 0) is 48.2 Å². The molecule has 0 bridgehead atoms. The molecule has 0 unspecified atom stereocenters. The Morgan fingerprint density at radius 1 is 1.05 bits per heavy atom. The van der Waals surface area contributed by atoms with Gasteiger partial charge in [0.1, 0.15) is 0 Å². The van der Waals surface area contributed by atoms with E-state index in [2.05, 4.69) is 5.32 Å². The van der Waals surface area contributed by atoms with Gasteiger partial charge in [0.25, 0.3) is 0 Å². The highest BCUT2D eigenvalue weighted by Gasteiger charge is 2.03. The third kappa shape index (κ3) is 4.93. The van der Waals surface area contributed by atoms with E-state index >= 15 is 0 Å². The lowest BCUT2D eigenvalue weighted by Gasteiger charge is -2.07. The molecule has 4 heteroatoms. The topological polar surface area (TPSA) is 75.4 Å². The molecule has 0 spiro atoms. The van der Waals surface area contributed by atoms with Crippen molar-refractivity contribution in [3.8, 4) is 0 Å². The number of rotatable bonds is 6. The molecule has 1 amide bonds. The molecular weight excluding hydrogens is 264 g/mol. The molecule has 2 rings (SSSR count). The van der Waals surface area contributed by atoms with Gasteiger partial charge in [-0.15, -0.1) is 0 Å². The zero-order valence-corrected chi connectivity index (χ0v) is 11.9. The minimum atomic E-state index is -0.0210. The van der Waals surface area contributed by atoms with E-state index < -0.39 is 0 Å². The van der Waals surface area contributed by atoms with Crippen LogP contribution in [-0.2, 0) is 17.6 Å². The molecule has 0 radical (unpaired) electrons. The Balaban J connectivity index is 1.84. The van der Waals surface area contributed by atoms with Crippen molar-refractivity contribution in [3.63, 3.8) is 0 Å². The summed E-state index contributed by atoms with van der Waals surface area (Å²) in [6.45, 7) is 0.131. The van der Waals surface area contributed by atoms with E-state index in [9.17, 15) is 4.79 Å². The second-order valence-corrected chi connectivity index (χ2v) is 4.96. The summed E-state index contributed by atoms with van der Waals surface area (Å²) in [5.41, 5.74) is 9.31. The van der Waals surface area contributed by atoms with Gasteiger partial charge in [-0.2, -0.15) is 0 Å². The van der Waals surface area contributed by atoms with Crippen LogP contribution in [0.15, 0.2) is 48.5 Å². The van der Waals surface area contributed by atoms with Crippen molar-refractivity contribution < 1.29 is 9.90 Å². The third-order valence-corrected chi connectivity index (χ3v) is 3.23. The first-order valence-electron chi connectivity index (χ1n) is 7.01. The molecule has 4 N–H and O–H groups in total. The van der Waals surface area contributed by atoms with Crippen molar-refractivity contribution in [3.05, 3.63) is 59.7 Å². The summed E-state index contributed by atoms with van der Waals surface area (Å²) in [4.78, 5) is 11.9. The first-order chi connectivity index (χ1) is 10.2. The van der Waals surface area contributed by atoms with E-state index in [1.54, 1.807) is 0 Å². The normalized spacial score (nSPS) is 10.3. The average molecular weight is 284 g/mol. The largest absolute Gasteiger partial charge is 0.399 e. The van der Waals surface area contributed by atoms with Crippen LogP contribution in [0, 0.1) is 0 Å². The van der Waals surface area contributed by atoms with Gasteiger partial charge in [0, 0.05) is 24.4 Å². The lowest BCUT2D eigenvalue weighted by atomic mass is 10.1. The van der Waals surface area contributed by atoms with Gasteiger partial charge in [0.05, 0.1) is 0 Å². The molecule has 2 aromatic carbocycles. The first-order valence-corrected chi connectivity index (χ1v) is 7.01. The lowest BCUT2D eigenvalue weighted by Crippen LogP contribution is -2.12. The third-order valence-electron chi connectivity index (χ3n) is 3.23. The number of anilines is 2.